The Balaban J connectivity index is 0.000000253. The Bertz CT molecular complexity index is 2020. The van der Waals surface area contributed by atoms with E-state index < -0.39 is 11.9 Å². The van der Waals surface area contributed by atoms with Gasteiger partial charge in [0.1, 0.15) is 22.9 Å². The molecule has 4 aromatic carbocycles. The van der Waals surface area contributed by atoms with Crippen LogP contribution >= 0.6 is 113 Å². The monoisotopic (exact) mass is 1310 g/mol. The van der Waals surface area contributed by atoms with Crippen molar-refractivity contribution in [3.8, 4) is 34.5 Å². The molecule has 2 N–H and O–H groups in total. The molecule has 0 aliphatic rings. The molecule has 2 heterocycles. The Kier molecular flexibility index (Phi) is 20.7. The van der Waals surface area contributed by atoms with E-state index in [4.69, 9.17) is 18.9 Å². The van der Waals surface area contributed by atoms with Crippen LogP contribution in [0.2, 0.25) is 0 Å². The molecule has 0 aliphatic heterocycles. The zero-order valence-electron chi connectivity index (χ0n) is 30.1. The molecule has 15 heteroatoms. The van der Waals surface area contributed by atoms with Crippen molar-refractivity contribution in [2.45, 2.75) is 27.6 Å². The zero-order chi connectivity index (χ0) is 40.5. The minimum absolute atomic E-state index is 0.0708. The van der Waals surface area contributed by atoms with Gasteiger partial charge in [-0.2, -0.15) is 0 Å². The molecule has 0 saturated carbocycles. The number of benzene rings is 4. The summed E-state index contributed by atoms with van der Waals surface area (Å²) in [6.07, 6.45) is 0. The predicted molar refractivity (Wildman–Crippen MR) is 260 cm³/mol. The van der Waals surface area contributed by atoms with E-state index in [1.807, 2.05) is 60.7 Å². The summed E-state index contributed by atoms with van der Waals surface area (Å²) in [7, 11) is 0. The first-order chi connectivity index (χ1) is 26.3. The van der Waals surface area contributed by atoms with Crippen LogP contribution in [0.15, 0.2) is 97.1 Å². The SMILES string of the molecule is CCOC(=O)c1nc(C)c2cc(Oc3ccccc3)ccc2c1O.CCOC(=O)c1nc(C)c2cc(Oc3ccccc3)ccc2c1O.IC(I)I.ICI. The van der Waals surface area contributed by atoms with Gasteiger partial charge in [-0.1, -0.05) is 149 Å². The number of carbonyl (C=O) groups is 2. The highest BCUT2D eigenvalue weighted by Crippen LogP contribution is 2.35. The van der Waals surface area contributed by atoms with Crippen LogP contribution in [0.5, 0.6) is 34.5 Å². The summed E-state index contributed by atoms with van der Waals surface area (Å²) >= 11 is 11.5. The summed E-state index contributed by atoms with van der Waals surface area (Å²) in [6.45, 7) is 7.40. The minimum Gasteiger partial charge on any atom is -0.505 e. The molecular weight excluding hydrogens is 1270 g/mol. The lowest BCUT2D eigenvalue weighted by Gasteiger charge is -2.11. The predicted octanol–water partition coefficient (Wildman–Crippen LogP) is 12.8. The number of aryl methyl sites for hydroxylation is 2. The Labute approximate surface area is 388 Å². The van der Waals surface area contributed by atoms with E-state index in [2.05, 4.69) is 123 Å². The van der Waals surface area contributed by atoms with Crippen LogP contribution in [0.3, 0.4) is 0 Å². The fourth-order valence-electron chi connectivity index (χ4n) is 4.94. The number of fused-ring (bicyclic) bond motifs is 2. The molecule has 6 aromatic rings. The van der Waals surface area contributed by atoms with Crippen molar-refractivity contribution in [2.24, 2.45) is 0 Å². The summed E-state index contributed by atoms with van der Waals surface area (Å²) in [5, 5.41) is 23.2. The first kappa shape index (κ1) is 46.9. The summed E-state index contributed by atoms with van der Waals surface area (Å²) in [4.78, 5) is 32.2. The van der Waals surface area contributed by atoms with Gasteiger partial charge in [-0.05, 0) is 88.4 Å². The Morgan fingerprint density at radius 1 is 0.582 bits per heavy atom. The number of aromatic nitrogens is 2. The van der Waals surface area contributed by atoms with Gasteiger partial charge in [0.05, 0.1) is 15.6 Å². The third-order valence-corrected chi connectivity index (χ3v) is 7.17. The van der Waals surface area contributed by atoms with E-state index in [0.717, 1.165) is 11.4 Å². The number of pyridine rings is 2. The van der Waals surface area contributed by atoms with Crippen molar-refractivity contribution in [1.82, 2.24) is 9.97 Å². The van der Waals surface area contributed by atoms with E-state index in [9.17, 15) is 19.8 Å². The maximum Gasteiger partial charge on any atom is 0.360 e. The van der Waals surface area contributed by atoms with Gasteiger partial charge >= 0.3 is 11.9 Å². The molecule has 6 rings (SSSR count). The van der Waals surface area contributed by atoms with Crippen molar-refractivity contribution < 1.29 is 38.7 Å². The Morgan fingerprint density at radius 2 is 0.909 bits per heavy atom. The van der Waals surface area contributed by atoms with Gasteiger partial charge in [0.15, 0.2) is 22.9 Å². The topological polar surface area (TPSA) is 137 Å². The van der Waals surface area contributed by atoms with Crippen LogP contribution in [0.25, 0.3) is 21.5 Å². The molecule has 10 nitrogen and oxygen atoms in total. The summed E-state index contributed by atoms with van der Waals surface area (Å²) in [5.41, 5.74) is 1.09. The number of hydrogen-bond donors (Lipinski definition) is 2. The molecule has 0 atom stereocenters. The summed E-state index contributed by atoms with van der Waals surface area (Å²) < 4.78 is 23.4. The van der Waals surface area contributed by atoms with Gasteiger partial charge in [0.25, 0.3) is 0 Å². The molecule has 55 heavy (non-hydrogen) atoms. The van der Waals surface area contributed by atoms with Crippen molar-refractivity contribution in [3.05, 3.63) is 120 Å². The first-order valence-corrected chi connectivity index (χ1v) is 23.2. The van der Waals surface area contributed by atoms with Gasteiger partial charge in [0, 0.05) is 32.9 Å². The van der Waals surface area contributed by atoms with E-state index in [1.54, 1.807) is 64.1 Å². The molecule has 0 amide bonds. The second kappa shape index (κ2) is 24.3. The number of halogens is 5. The molecule has 0 saturated heterocycles. The molecular formula is C40H37I5N2O8. The average molecular weight is 1310 g/mol. The zero-order valence-corrected chi connectivity index (χ0v) is 40.9. The molecule has 0 aliphatic carbocycles. The summed E-state index contributed by atoms with van der Waals surface area (Å²) in [5.74, 6) is 1.06. The molecule has 2 aromatic heterocycles. The van der Waals surface area contributed by atoms with Crippen LogP contribution in [-0.2, 0) is 9.47 Å². The molecule has 0 radical (unpaired) electrons. The molecule has 0 fully saturated rings. The van der Waals surface area contributed by atoms with Gasteiger partial charge < -0.3 is 29.2 Å². The number of para-hydroxylation sites is 2. The quantitative estimate of drug-likeness (QED) is 0.0861. The lowest BCUT2D eigenvalue weighted by Crippen LogP contribution is -2.08. The number of ether oxygens (including phenoxy) is 4. The van der Waals surface area contributed by atoms with Crippen LogP contribution in [-0.4, -0.2) is 47.7 Å². The molecule has 290 valence electrons. The van der Waals surface area contributed by atoms with E-state index in [-0.39, 0.29) is 36.1 Å². The van der Waals surface area contributed by atoms with Crippen molar-refractivity contribution in [2.75, 3.05) is 15.6 Å². The number of alkyl halides is 5. The minimum atomic E-state index is -0.635. The average Bonchev–Trinajstić information content (AvgIpc) is 3.16. The van der Waals surface area contributed by atoms with Gasteiger partial charge in [-0.3, -0.25) is 0 Å². The highest BCUT2D eigenvalue weighted by molar-refractivity contribution is 14.3. The number of esters is 2. The first-order valence-electron chi connectivity index (χ1n) is 16.5. The summed E-state index contributed by atoms with van der Waals surface area (Å²) in [6, 6.07) is 29.3. The van der Waals surface area contributed by atoms with Crippen LogP contribution < -0.4 is 9.47 Å². The van der Waals surface area contributed by atoms with Crippen LogP contribution in [0.1, 0.15) is 46.2 Å². The molecule has 0 spiro atoms. The van der Waals surface area contributed by atoms with Crippen molar-refractivity contribution >= 4 is 146 Å². The third kappa shape index (κ3) is 14.4. The van der Waals surface area contributed by atoms with Crippen LogP contribution in [0.4, 0.5) is 0 Å². The third-order valence-electron chi connectivity index (χ3n) is 7.17. The van der Waals surface area contributed by atoms with E-state index in [1.165, 1.54) is 2.43 Å². The number of rotatable bonds is 8. The lowest BCUT2D eigenvalue weighted by molar-refractivity contribution is 0.0506. The normalized spacial score (nSPS) is 10.2. The standard InChI is InChI=1S/2C19H17NO4.CHI3.CH2I2/c2*1-3-23-19(22)17-18(21)15-10-9-14(11-16(15)12(2)20-17)24-13-7-5-4-6-8-13;2-1(3)4;2-1-3/h2*4-11,21H,3H2,1-2H3;1H;1H2. The fourth-order valence-corrected chi connectivity index (χ4v) is 4.94. The number of aromatic hydroxyl groups is 2. The highest BCUT2D eigenvalue weighted by Gasteiger charge is 2.20. The van der Waals surface area contributed by atoms with E-state index in [0.29, 0.717) is 44.4 Å². The largest absolute Gasteiger partial charge is 0.505 e. The number of nitrogens with zero attached hydrogens (tertiary/aromatic N) is 2. The maximum atomic E-state index is 11.9. The smallest absolute Gasteiger partial charge is 0.360 e. The highest BCUT2D eigenvalue weighted by atomic mass is 127. The lowest BCUT2D eigenvalue weighted by atomic mass is 10.1. The van der Waals surface area contributed by atoms with Gasteiger partial charge in [-0.25, -0.2) is 19.6 Å². The Morgan fingerprint density at radius 3 is 1.22 bits per heavy atom. The maximum absolute atomic E-state index is 11.9. The molecule has 0 bridgehead atoms. The second-order valence-electron chi connectivity index (χ2n) is 10.8. The van der Waals surface area contributed by atoms with Crippen molar-refractivity contribution in [1.29, 1.82) is 0 Å². The number of carbonyl (C=O) groups excluding carboxylic acids is 2. The van der Waals surface area contributed by atoms with Gasteiger partial charge in [0.2, 0.25) is 0 Å². The second-order valence-corrected chi connectivity index (χ2v) is 26.2. The number of hydrogen-bond acceptors (Lipinski definition) is 10. The van der Waals surface area contributed by atoms with Gasteiger partial charge in [-0.15, -0.1) is 0 Å². The Hall–Kier alpha value is -2.51. The van der Waals surface area contributed by atoms with E-state index >= 15 is 0 Å². The fraction of sp³-hybridized carbons (Fsp3) is 0.200. The molecule has 0 unspecified atom stereocenters. The van der Waals surface area contributed by atoms with Crippen LogP contribution in [0, 0.1) is 13.8 Å². The van der Waals surface area contributed by atoms with Crippen molar-refractivity contribution in [3.63, 3.8) is 0 Å².